The van der Waals surface area contributed by atoms with Crippen molar-refractivity contribution in [2.45, 2.75) is 25.8 Å². The van der Waals surface area contributed by atoms with E-state index in [9.17, 15) is 4.79 Å². The second-order valence-corrected chi connectivity index (χ2v) is 4.67. The van der Waals surface area contributed by atoms with Crippen LogP contribution in [0.3, 0.4) is 0 Å². The lowest BCUT2D eigenvalue weighted by molar-refractivity contribution is 0.0624. The summed E-state index contributed by atoms with van der Waals surface area (Å²) in [6, 6.07) is 5.90. The van der Waals surface area contributed by atoms with Crippen LogP contribution in [0.2, 0.25) is 0 Å². The first-order valence-corrected chi connectivity index (χ1v) is 6.37. The fraction of sp³-hybridized carbons (Fsp3) is 0.500. The minimum atomic E-state index is -0.00865. The van der Waals surface area contributed by atoms with E-state index in [0.29, 0.717) is 6.61 Å². The quantitative estimate of drug-likeness (QED) is 0.859. The van der Waals surface area contributed by atoms with Gasteiger partial charge in [-0.05, 0) is 43.5 Å². The van der Waals surface area contributed by atoms with Crippen molar-refractivity contribution in [3.05, 3.63) is 29.3 Å². The summed E-state index contributed by atoms with van der Waals surface area (Å²) in [7, 11) is 1.87. The standard InChI is InChI=1S/C14H20N2O2/c1-10-8-11(15-2)5-6-13(10)14(17)16-12-4-3-7-18-9-12/h5-6,8,12,15H,3-4,7,9H2,1-2H3,(H,16,17). The Labute approximate surface area is 108 Å². The van der Waals surface area contributed by atoms with Gasteiger partial charge in [-0.2, -0.15) is 0 Å². The fourth-order valence-corrected chi connectivity index (χ4v) is 2.19. The van der Waals surface area contributed by atoms with Crippen LogP contribution in [-0.2, 0) is 4.74 Å². The number of hydrogen-bond acceptors (Lipinski definition) is 3. The lowest BCUT2D eigenvalue weighted by Crippen LogP contribution is -2.40. The third-order valence-electron chi connectivity index (χ3n) is 3.26. The van der Waals surface area contributed by atoms with Gasteiger partial charge in [0.1, 0.15) is 0 Å². The molecule has 1 fully saturated rings. The number of anilines is 1. The van der Waals surface area contributed by atoms with Crippen molar-refractivity contribution < 1.29 is 9.53 Å². The highest BCUT2D eigenvalue weighted by Crippen LogP contribution is 2.15. The molecule has 1 saturated heterocycles. The molecule has 4 heteroatoms. The summed E-state index contributed by atoms with van der Waals surface area (Å²) in [5.74, 6) is -0.00865. The van der Waals surface area contributed by atoms with E-state index in [-0.39, 0.29) is 11.9 Å². The average molecular weight is 248 g/mol. The molecule has 0 bridgehead atoms. The van der Waals surface area contributed by atoms with E-state index < -0.39 is 0 Å². The molecule has 1 aliphatic heterocycles. The smallest absolute Gasteiger partial charge is 0.251 e. The van der Waals surface area contributed by atoms with Gasteiger partial charge in [-0.3, -0.25) is 4.79 Å². The molecule has 98 valence electrons. The molecule has 2 N–H and O–H groups in total. The predicted molar refractivity (Wildman–Crippen MR) is 72.0 cm³/mol. The topological polar surface area (TPSA) is 50.4 Å². The highest BCUT2D eigenvalue weighted by molar-refractivity contribution is 5.96. The van der Waals surface area contributed by atoms with Gasteiger partial charge in [0.2, 0.25) is 0 Å². The molecule has 2 rings (SSSR count). The predicted octanol–water partition coefficient (Wildman–Crippen LogP) is 1.95. The number of aryl methyl sites for hydroxylation is 1. The summed E-state index contributed by atoms with van der Waals surface area (Å²) in [6.45, 7) is 3.38. The molecule has 0 aliphatic carbocycles. The summed E-state index contributed by atoms with van der Waals surface area (Å²) < 4.78 is 5.36. The summed E-state index contributed by atoms with van der Waals surface area (Å²) in [6.07, 6.45) is 2.02. The van der Waals surface area contributed by atoms with Crippen LogP contribution in [0.15, 0.2) is 18.2 Å². The van der Waals surface area contributed by atoms with E-state index >= 15 is 0 Å². The number of carbonyl (C=O) groups is 1. The van der Waals surface area contributed by atoms with Gasteiger partial charge in [-0.15, -0.1) is 0 Å². The van der Waals surface area contributed by atoms with Crippen molar-refractivity contribution in [3.8, 4) is 0 Å². The van der Waals surface area contributed by atoms with Gasteiger partial charge in [0.05, 0.1) is 12.6 Å². The van der Waals surface area contributed by atoms with E-state index in [1.165, 1.54) is 0 Å². The van der Waals surface area contributed by atoms with Crippen LogP contribution in [0.5, 0.6) is 0 Å². The molecule has 0 aromatic heterocycles. The van der Waals surface area contributed by atoms with Crippen LogP contribution in [0.1, 0.15) is 28.8 Å². The number of amides is 1. The lowest BCUT2D eigenvalue weighted by atomic mass is 10.1. The van der Waals surface area contributed by atoms with Crippen LogP contribution in [0.25, 0.3) is 0 Å². The molecular formula is C14H20N2O2. The number of benzene rings is 1. The molecule has 18 heavy (non-hydrogen) atoms. The molecular weight excluding hydrogens is 228 g/mol. The normalized spacial score (nSPS) is 19.3. The van der Waals surface area contributed by atoms with Gasteiger partial charge < -0.3 is 15.4 Å². The number of ether oxygens (including phenoxy) is 1. The van der Waals surface area contributed by atoms with Gasteiger partial charge in [-0.1, -0.05) is 0 Å². The SMILES string of the molecule is CNc1ccc(C(=O)NC2CCCOC2)c(C)c1. The summed E-state index contributed by atoms with van der Waals surface area (Å²) >= 11 is 0. The minimum absolute atomic E-state index is 0.00865. The maximum atomic E-state index is 12.1. The van der Waals surface area contributed by atoms with Gasteiger partial charge in [0.15, 0.2) is 0 Å². The van der Waals surface area contributed by atoms with Crippen molar-refractivity contribution in [1.29, 1.82) is 0 Å². The number of carbonyl (C=O) groups excluding carboxylic acids is 1. The molecule has 1 aliphatic rings. The van der Waals surface area contributed by atoms with Crippen LogP contribution >= 0.6 is 0 Å². The largest absolute Gasteiger partial charge is 0.388 e. The van der Waals surface area contributed by atoms with E-state index in [0.717, 1.165) is 36.3 Å². The van der Waals surface area contributed by atoms with Crippen LogP contribution in [0.4, 0.5) is 5.69 Å². The summed E-state index contributed by atoms with van der Waals surface area (Å²) in [5, 5.41) is 6.09. The lowest BCUT2D eigenvalue weighted by Gasteiger charge is -2.23. The Balaban J connectivity index is 2.03. The third-order valence-corrected chi connectivity index (χ3v) is 3.26. The second-order valence-electron chi connectivity index (χ2n) is 4.67. The molecule has 1 aromatic carbocycles. The first kappa shape index (κ1) is 12.9. The van der Waals surface area contributed by atoms with Crippen molar-refractivity contribution in [2.75, 3.05) is 25.6 Å². The van der Waals surface area contributed by atoms with Gasteiger partial charge in [0, 0.05) is 24.9 Å². The first-order valence-electron chi connectivity index (χ1n) is 6.37. The van der Waals surface area contributed by atoms with Crippen LogP contribution < -0.4 is 10.6 Å². The van der Waals surface area contributed by atoms with Crippen molar-refractivity contribution in [2.24, 2.45) is 0 Å². The molecule has 1 unspecified atom stereocenters. The number of rotatable bonds is 3. The van der Waals surface area contributed by atoms with E-state index in [2.05, 4.69) is 10.6 Å². The van der Waals surface area contributed by atoms with Crippen LogP contribution in [0, 0.1) is 6.92 Å². The summed E-state index contributed by atoms with van der Waals surface area (Å²) in [4.78, 5) is 12.1. The van der Waals surface area contributed by atoms with Crippen molar-refractivity contribution in [3.63, 3.8) is 0 Å². The monoisotopic (exact) mass is 248 g/mol. The van der Waals surface area contributed by atoms with Gasteiger partial charge in [0.25, 0.3) is 5.91 Å². The van der Waals surface area contributed by atoms with Crippen molar-refractivity contribution in [1.82, 2.24) is 5.32 Å². The van der Waals surface area contributed by atoms with Crippen LogP contribution in [-0.4, -0.2) is 32.2 Å². The maximum absolute atomic E-state index is 12.1. The highest BCUT2D eigenvalue weighted by atomic mass is 16.5. The molecule has 1 heterocycles. The zero-order chi connectivity index (χ0) is 13.0. The first-order chi connectivity index (χ1) is 8.70. The van der Waals surface area contributed by atoms with E-state index in [4.69, 9.17) is 4.74 Å². The van der Waals surface area contributed by atoms with Gasteiger partial charge in [-0.25, -0.2) is 0 Å². The average Bonchev–Trinajstić information content (AvgIpc) is 2.39. The maximum Gasteiger partial charge on any atom is 0.251 e. The van der Waals surface area contributed by atoms with E-state index in [1.807, 2.05) is 32.2 Å². The highest BCUT2D eigenvalue weighted by Gasteiger charge is 2.18. The molecule has 0 saturated carbocycles. The molecule has 1 aromatic rings. The molecule has 0 radical (unpaired) electrons. The summed E-state index contributed by atoms with van der Waals surface area (Å²) in [5.41, 5.74) is 2.74. The van der Waals surface area contributed by atoms with Gasteiger partial charge >= 0.3 is 0 Å². The molecule has 1 atom stereocenters. The Morgan fingerprint density at radius 3 is 2.89 bits per heavy atom. The Bertz CT molecular complexity index is 426. The zero-order valence-electron chi connectivity index (χ0n) is 11.0. The molecule has 4 nitrogen and oxygen atoms in total. The Kier molecular flexibility index (Phi) is 4.20. The minimum Gasteiger partial charge on any atom is -0.388 e. The molecule has 0 spiro atoms. The Hall–Kier alpha value is -1.55. The zero-order valence-corrected chi connectivity index (χ0v) is 11.0. The molecule has 1 amide bonds. The Morgan fingerprint density at radius 2 is 2.28 bits per heavy atom. The van der Waals surface area contributed by atoms with E-state index in [1.54, 1.807) is 0 Å². The fourth-order valence-electron chi connectivity index (χ4n) is 2.19. The number of hydrogen-bond donors (Lipinski definition) is 2. The van der Waals surface area contributed by atoms with Crippen molar-refractivity contribution >= 4 is 11.6 Å². The Morgan fingerprint density at radius 1 is 1.44 bits per heavy atom. The second kappa shape index (κ2) is 5.87. The number of nitrogens with one attached hydrogen (secondary N) is 2. The third kappa shape index (κ3) is 3.01.